The summed E-state index contributed by atoms with van der Waals surface area (Å²) in [5.74, 6) is -2.15. The van der Waals surface area contributed by atoms with Crippen molar-refractivity contribution in [2.75, 3.05) is 6.61 Å². The van der Waals surface area contributed by atoms with Crippen LogP contribution in [-0.2, 0) is 19.1 Å². The first-order valence-electron chi connectivity index (χ1n) is 8.53. The van der Waals surface area contributed by atoms with Crippen LogP contribution in [0.5, 0.6) is 0 Å². The van der Waals surface area contributed by atoms with Crippen molar-refractivity contribution in [1.82, 2.24) is 0 Å². The lowest BCUT2D eigenvalue weighted by atomic mass is 10.2. The molecular formula is C22H28O6. The zero-order valence-electron chi connectivity index (χ0n) is 16.6. The average Bonchev–Trinajstić information content (AvgIpc) is 2.69. The first-order chi connectivity index (χ1) is 13.2. The van der Waals surface area contributed by atoms with Gasteiger partial charge >= 0.3 is 17.9 Å². The van der Waals surface area contributed by atoms with Crippen LogP contribution in [0.15, 0.2) is 72.9 Å². The number of ether oxygens (including phenoxy) is 1. The summed E-state index contributed by atoms with van der Waals surface area (Å²) in [6.45, 7) is 12.0. The minimum atomic E-state index is -0.900. The van der Waals surface area contributed by atoms with Crippen molar-refractivity contribution in [3.05, 3.63) is 78.4 Å². The molecule has 0 aliphatic carbocycles. The molecule has 0 fully saturated rings. The monoisotopic (exact) mass is 388 g/mol. The molecule has 1 aromatic rings. The number of esters is 1. The molecule has 0 spiro atoms. The first kappa shape index (κ1) is 26.8. The summed E-state index contributed by atoms with van der Waals surface area (Å²) in [7, 11) is 0. The van der Waals surface area contributed by atoms with Crippen LogP contribution < -0.4 is 0 Å². The molecule has 0 saturated carbocycles. The van der Waals surface area contributed by atoms with Crippen molar-refractivity contribution in [2.24, 2.45) is 0 Å². The molecule has 0 aromatic heterocycles. The van der Waals surface area contributed by atoms with Crippen LogP contribution in [0.1, 0.15) is 32.8 Å². The summed E-state index contributed by atoms with van der Waals surface area (Å²) in [6, 6.07) is 9.73. The number of carbonyl (C=O) groups is 3. The molecule has 0 atom stereocenters. The van der Waals surface area contributed by atoms with E-state index in [4.69, 9.17) is 10.2 Å². The van der Waals surface area contributed by atoms with Crippen molar-refractivity contribution in [2.45, 2.75) is 27.2 Å². The molecule has 6 heteroatoms. The van der Waals surface area contributed by atoms with Crippen molar-refractivity contribution in [3.8, 4) is 0 Å². The molecule has 152 valence electrons. The van der Waals surface area contributed by atoms with Crippen LogP contribution in [0.2, 0.25) is 0 Å². The third kappa shape index (κ3) is 16.1. The van der Waals surface area contributed by atoms with Crippen LogP contribution in [-0.4, -0.2) is 34.7 Å². The molecule has 2 N–H and O–H groups in total. The Hall–Kier alpha value is -3.41. The standard InChI is InChI=1S/C12H12O2.2C5H8O2/c1-10(12(13)14)6-5-9-11-7-3-2-4-8-11;1-3-5(6)7-4-2;1-3-4(2)5(6)7/h2-9H,1H3,(H,13,14);3H,1,4H2,2H3;2-3H2,1H3,(H,6,7). The number of hydrogen-bond donors (Lipinski definition) is 2. The second-order valence-electron chi connectivity index (χ2n) is 5.14. The zero-order valence-corrected chi connectivity index (χ0v) is 16.6. The Bertz CT molecular complexity index is 697. The summed E-state index contributed by atoms with van der Waals surface area (Å²) in [5, 5.41) is 16.7. The third-order valence-electron chi connectivity index (χ3n) is 2.95. The highest BCUT2D eigenvalue weighted by Crippen LogP contribution is 2.02. The second-order valence-corrected chi connectivity index (χ2v) is 5.14. The number of allylic oxidation sites excluding steroid dienone is 2. The fourth-order valence-corrected chi connectivity index (χ4v) is 1.29. The van der Waals surface area contributed by atoms with E-state index in [1.165, 1.54) is 0 Å². The van der Waals surface area contributed by atoms with E-state index in [0.717, 1.165) is 11.6 Å². The van der Waals surface area contributed by atoms with Gasteiger partial charge in [-0.3, -0.25) is 0 Å². The maximum atomic E-state index is 10.4. The molecule has 0 heterocycles. The van der Waals surface area contributed by atoms with Gasteiger partial charge < -0.3 is 14.9 Å². The minimum absolute atomic E-state index is 0.264. The van der Waals surface area contributed by atoms with Gasteiger partial charge in [0.15, 0.2) is 0 Å². The molecule has 0 aliphatic heterocycles. The molecule has 6 nitrogen and oxygen atoms in total. The van der Waals surface area contributed by atoms with Gasteiger partial charge in [0, 0.05) is 17.2 Å². The fourth-order valence-electron chi connectivity index (χ4n) is 1.29. The molecule has 0 radical (unpaired) electrons. The summed E-state index contributed by atoms with van der Waals surface area (Å²) in [4.78, 5) is 30.3. The predicted molar refractivity (Wildman–Crippen MR) is 111 cm³/mol. The van der Waals surface area contributed by atoms with Crippen molar-refractivity contribution in [1.29, 1.82) is 0 Å². The van der Waals surface area contributed by atoms with E-state index in [-0.39, 0.29) is 11.5 Å². The molecule has 1 rings (SSSR count). The van der Waals surface area contributed by atoms with Crippen LogP contribution in [0, 0.1) is 0 Å². The number of carbonyl (C=O) groups excluding carboxylic acids is 1. The van der Waals surface area contributed by atoms with Gasteiger partial charge in [0.25, 0.3) is 0 Å². The van der Waals surface area contributed by atoms with Gasteiger partial charge in [0.05, 0.1) is 6.61 Å². The summed E-state index contributed by atoms with van der Waals surface area (Å²) < 4.78 is 4.43. The Morgan fingerprint density at radius 2 is 1.64 bits per heavy atom. The molecule has 0 saturated heterocycles. The Morgan fingerprint density at radius 1 is 1.07 bits per heavy atom. The fraction of sp³-hybridized carbons (Fsp3) is 0.227. The van der Waals surface area contributed by atoms with E-state index in [1.807, 2.05) is 36.4 Å². The number of carboxylic acids is 2. The largest absolute Gasteiger partial charge is 0.478 e. The normalized spacial score (nSPS) is 9.89. The maximum Gasteiger partial charge on any atom is 0.331 e. The van der Waals surface area contributed by atoms with Gasteiger partial charge in [-0.2, -0.15) is 0 Å². The Labute approximate surface area is 166 Å². The number of carboxylic acid groups (broad SMARTS) is 2. The number of aliphatic carboxylic acids is 2. The van der Waals surface area contributed by atoms with Gasteiger partial charge in [-0.15, -0.1) is 0 Å². The van der Waals surface area contributed by atoms with E-state index >= 15 is 0 Å². The van der Waals surface area contributed by atoms with E-state index in [0.29, 0.717) is 18.6 Å². The molecule has 1 aromatic carbocycles. The van der Waals surface area contributed by atoms with Crippen LogP contribution in [0.4, 0.5) is 0 Å². The smallest absolute Gasteiger partial charge is 0.331 e. The van der Waals surface area contributed by atoms with Gasteiger partial charge in [0.1, 0.15) is 0 Å². The minimum Gasteiger partial charge on any atom is -0.478 e. The highest BCUT2D eigenvalue weighted by atomic mass is 16.5. The van der Waals surface area contributed by atoms with Crippen molar-refractivity contribution in [3.63, 3.8) is 0 Å². The second kappa shape index (κ2) is 17.0. The number of hydrogen-bond acceptors (Lipinski definition) is 4. The number of rotatable bonds is 7. The quantitative estimate of drug-likeness (QED) is 0.405. The van der Waals surface area contributed by atoms with Crippen molar-refractivity contribution < 1.29 is 29.3 Å². The van der Waals surface area contributed by atoms with Gasteiger partial charge in [0.2, 0.25) is 0 Å². The van der Waals surface area contributed by atoms with E-state index < -0.39 is 11.9 Å². The lowest BCUT2D eigenvalue weighted by molar-refractivity contribution is -0.137. The van der Waals surface area contributed by atoms with Crippen LogP contribution in [0.3, 0.4) is 0 Å². The predicted octanol–water partition coefficient (Wildman–Crippen LogP) is 4.50. The highest BCUT2D eigenvalue weighted by Gasteiger charge is 1.96. The molecule has 0 unspecified atom stereocenters. The Morgan fingerprint density at radius 3 is 1.96 bits per heavy atom. The first-order valence-corrected chi connectivity index (χ1v) is 8.53. The Kier molecular flexibility index (Phi) is 16.3. The lowest BCUT2D eigenvalue weighted by Crippen LogP contribution is -1.97. The summed E-state index contributed by atoms with van der Waals surface area (Å²) >= 11 is 0. The van der Waals surface area contributed by atoms with Crippen LogP contribution in [0.25, 0.3) is 6.08 Å². The van der Waals surface area contributed by atoms with Crippen molar-refractivity contribution >= 4 is 24.0 Å². The van der Waals surface area contributed by atoms with Gasteiger partial charge in [-0.05, 0) is 25.8 Å². The SMILES string of the molecule is C=C(CC)C(=O)O.C=CC(=O)OCC.CC(=CC=Cc1ccccc1)C(=O)O. The van der Waals surface area contributed by atoms with E-state index in [2.05, 4.69) is 17.9 Å². The molecule has 0 bridgehead atoms. The summed E-state index contributed by atoms with van der Waals surface area (Å²) in [6.07, 6.45) is 6.85. The van der Waals surface area contributed by atoms with E-state index in [1.54, 1.807) is 32.9 Å². The Balaban J connectivity index is 0. The van der Waals surface area contributed by atoms with Gasteiger partial charge in [-0.25, -0.2) is 14.4 Å². The molecule has 0 aliphatic rings. The van der Waals surface area contributed by atoms with E-state index in [9.17, 15) is 14.4 Å². The molecule has 28 heavy (non-hydrogen) atoms. The maximum absolute atomic E-state index is 10.4. The highest BCUT2D eigenvalue weighted by molar-refractivity contribution is 5.86. The average molecular weight is 388 g/mol. The number of benzene rings is 1. The molecule has 0 amide bonds. The summed E-state index contributed by atoms with van der Waals surface area (Å²) in [5.41, 5.74) is 1.65. The molecular weight excluding hydrogens is 360 g/mol. The topological polar surface area (TPSA) is 101 Å². The van der Waals surface area contributed by atoms with Crippen LogP contribution >= 0.6 is 0 Å². The zero-order chi connectivity index (χ0) is 21.9. The third-order valence-corrected chi connectivity index (χ3v) is 2.95. The van der Waals surface area contributed by atoms with Gasteiger partial charge in [-0.1, -0.05) is 68.6 Å². The lowest BCUT2D eigenvalue weighted by Gasteiger charge is -1.90.